The van der Waals surface area contributed by atoms with Crippen LogP contribution in [-0.4, -0.2) is 5.11 Å². The lowest BCUT2D eigenvalue weighted by Crippen LogP contribution is -2.06. The highest BCUT2D eigenvalue weighted by atomic mass is 19.1. The third-order valence-corrected chi connectivity index (χ3v) is 3.22. The number of aromatic hydroxyl groups is 1. The van der Waals surface area contributed by atoms with Gasteiger partial charge in [-0.3, -0.25) is 0 Å². The third kappa shape index (κ3) is 3.25. The molecule has 0 bridgehead atoms. The second kappa shape index (κ2) is 5.74. The number of hydrogen-bond acceptors (Lipinski definition) is 2. The predicted molar refractivity (Wildman–Crippen MR) is 75.9 cm³/mol. The number of aryl methyl sites for hydroxylation is 1. The van der Waals surface area contributed by atoms with E-state index in [2.05, 4.69) is 36.5 Å². The highest BCUT2D eigenvalue weighted by molar-refractivity contribution is 5.48. The van der Waals surface area contributed by atoms with E-state index in [9.17, 15) is 4.39 Å². The molecule has 0 saturated carbocycles. The molecule has 3 heteroatoms. The summed E-state index contributed by atoms with van der Waals surface area (Å²) in [7, 11) is 0. The number of benzene rings is 2. The molecule has 0 spiro atoms. The van der Waals surface area contributed by atoms with Gasteiger partial charge in [0.05, 0.1) is 0 Å². The van der Waals surface area contributed by atoms with Crippen molar-refractivity contribution in [2.24, 2.45) is 0 Å². The number of nitrogens with one attached hydrogen (secondary N) is 1. The van der Waals surface area contributed by atoms with E-state index in [1.165, 1.54) is 17.7 Å². The van der Waals surface area contributed by atoms with E-state index in [1.807, 2.05) is 6.92 Å². The minimum absolute atomic E-state index is 0.0786. The second-order valence-electron chi connectivity index (χ2n) is 4.63. The summed E-state index contributed by atoms with van der Waals surface area (Å²) in [6.07, 6.45) is 1.02. The standard InChI is InChI=1S/C16H18FNO/c1-3-12-4-6-13(7-5-12)11(2)18-14-8-9-16(19)15(17)10-14/h4-11,18-19H,3H2,1-2H3. The van der Waals surface area contributed by atoms with Crippen LogP contribution in [0, 0.1) is 5.82 Å². The van der Waals surface area contributed by atoms with Crippen molar-refractivity contribution >= 4 is 5.69 Å². The fourth-order valence-electron chi connectivity index (χ4n) is 1.97. The molecule has 0 aromatic heterocycles. The van der Waals surface area contributed by atoms with Crippen LogP contribution in [-0.2, 0) is 6.42 Å². The zero-order chi connectivity index (χ0) is 13.8. The van der Waals surface area contributed by atoms with Gasteiger partial charge in [-0.2, -0.15) is 0 Å². The van der Waals surface area contributed by atoms with Crippen molar-refractivity contribution < 1.29 is 9.50 Å². The molecule has 2 N–H and O–H groups in total. The van der Waals surface area contributed by atoms with E-state index in [1.54, 1.807) is 6.07 Å². The zero-order valence-electron chi connectivity index (χ0n) is 11.2. The van der Waals surface area contributed by atoms with Gasteiger partial charge in [0.1, 0.15) is 0 Å². The van der Waals surface area contributed by atoms with E-state index >= 15 is 0 Å². The Kier molecular flexibility index (Phi) is 4.05. The average Bonchev–Trinajstić information content (AvgIpc) is 2.43. The van der Waals surface area contributed by atoms with E-state index in [-0.39, 0.29) is 11.8 Å². The molecule has 0 fully saturated rings. The van der Waals surface area contributed by atoms with Crippen LogP contribution >= 0.6 is 0 Å². The zero-order valence-corrected chi connectivity index (χ0v) is 11.2. The molecule has 0 amide bonds. The Morgan fingerprint density at radius 3 is 2.42 bits per heavy atom. The molecule has 2 aromatic carbocycles. The maximum Gasteiger partial charge on any atom is 0.166 e. The molecule has 1 unspecified atom stereocenters. The van der Waals surface area contributed by atoms with Gasteiger partial charge in [0.15, 0.2) is 11.6 Å². The molecule has 0 aliphatic carbocycles. The minimum atomic E-state index is -0.612. The molecule has 0 aliphatic heterocycles. The molecule has 2 nitrogen and oxygen atoms in total. The molecule has 1 atom stereocenters. The Hall–Kier alpha value is -2.03. The van der Waals surface area contributed by atoms with Crippen molar-refractivity contribution in [3.8, 4) is 5.75 Å². The fourth-order valence-corrected chi connectivity index (χ4v) is 1.97. The first-order chi connectivity index (χ1) is 9.10. The van der Waals surface area contributed by atoms with Gasteiger partial charge < -0.3 is 10.4 Å². The van der Waals surface area contributed by atoms with Crippen LogP contribution in [0.5, 0.6) is 5.75 Å². The third-order valence-electron chi connectivity index (χ3n) is 3.22. The monoisotopic (exact) mass is 259 g/mol. The molecular formula is C16H18FNO. The normalized spacial score (nSPS) is 12.2. The summed E-state index contributed by atoms with van der Waals surface area (Å²) in [5.74, 6) is -0.941. The van der Waals surface area contributed by atoms with E-state index in [0.29, 0.717) is 5.69 Å². The Labute approximate surface area is 112 Å². The van der Waals surface area contributed by atoms with E-state index in [0.717, 1.165) is 12.0 Å². The number of anilines is 1. The lowest BCUT2D eigenvalue weighted by atomic mass is 10.0. The number of rotatable bonds is 4. The largest absolute Gasteiger partial charge is 0.505 e. The van der Waals surface area contributed by atoms with Crippen molar-refractivity contribution in [1.82, 2.24) is 0 Å². The van der Waals surface area contributed by atoms with Crippen LogP contribution in [0.4, 0.5) is 10.1 Å². The summed E-state index contributed by atoms with van der Waals surface area (Å²) in [5, 5.41) is 12.4. The van der Waals surface area contributed by atoms with Crippen molar-refractivity contribution in [3.05, 3.63) is 59.4 Å². The summed E-state index contributed by atoms with van der Waals surface area (Å²) in [5.41, 5.74) is 3.10. The van der Waals surface area contributed by atoms with Crippen LogP contribution in [0.3, 0.4) is 0 Å². The average molecular weight is 259 g/mol. The summed E-state index contributed by atoms with van der Waals surface area (Å²) in [4.78, 5) is 0. The Bertz CT molecular complexity index is 551. The second-order valence-corrected chi connectivity index (χ2v) is 4.63. The summed E-state index contributed by atoms with van der Waals surface area (Å²) < 4.78 is 13.2. The van der Waals surface area contributed by atoms with Crippen molar-refractivity contribution in [1.29, 1.82) is 0 Å². The maximum atomic E-state index is 13.2. The number of halogens is 1. The van der Waals surface area contributed by atoms with Crippen LogP contribution in [0.15, 0.2) is 42.5 Å². The van der Waals surface area contributed by atoms with Gasteiger partial charge in [-0.1, -0.05) is 31.2 Å². The molecule has 100 valence electrons. The highest BCUT2D eigenvalue weighted by Crippen LogP contribution is 2.23. The summed E-state index contributed by atoms with van der Waals surface area (Å²) in [6, 6.07) is 12.7. The molecule has 0 saturated heterocycles. The number of hydrogen-bond donors (Lipinski definition) is 2. The SMILES string of the molecule is CCc1ccc(C(C)Nc2ccc(O)c(F)c2)cc1. The molecule has 2 rings (SSSR count). The topological polar surface area (TPSA) is 32.3 Å². The van der Waals surface area contributed by atoms with Crippen LogP contribution < -0.4 is 5.32 Å². The minimum Gasteiger partial charge on any atom is -0.505 e. The van der Waals surface area contributed by atoms with Crippen LogP contribution in [0.25, 0.3) is 0 Å². The first-order valence-electron chi connectivity index (χ1n) is 6.44. The van der Waals surface area contributed by atoms with Crippen molar-refractivity contribution in [2.75, 3.05) is 5.32 Å². The van der Waals surface area contributed by atoms with E-state index < -0.39 is 5.82 Å². The molecule has 19 heavy (non-hydrogen) atoms. The van der Waals surface area contributed by atoms with Gasteiger partial charge in [-0.05, 0) is 36.6 Å². The van der Waals surface area contributed by atoms with Gasteiger partial charge in [0.25, 0.3) is 0 Å². The van der Waals surface area contributed by atoms with Crippen LogP contribution in [0.1, 0.15) is 31.0 Å². The van der Waals surface area contributed by atoms with Gasteiger partial charge in [-0.15, -0.1) is 0 Å². The fraction of sp³-hybridized carbons (Fsp3) is 0.250. The summed E-state index contributed by atoms with van der Waals surface area (Å²) >= 11 is 0. The Morgan fingerprint density at radius 2 is 1.84 bits per heavy atom. The molecule has 0 radical (unpaired) electrons. The number of phenols is 1. The Morgan fingerprint density at radius 1 is 1.16 bits per heavy atom. The maximum absolute atomic E-state index is 13.2. The van der Waals surface area contributed by atoms with Crippen molar-refractivity contribution in [2.45, 2.75) is 26.3 Å². The first kappa shape index (κ1) is 13.4. The quantitative estimate of drug-likeness (QED) is 0.804. The van der Waals surface area contributed by atoms with Gasteiger partial charge in [0.2, 0.25) is 0 Å². The van der Waals surface area contributed by atoms with Crippen LogP contribution in [0.2, 0.25) is 0 Å². The predicted octanol–water partition coefficient (Wildman–Crippen LogP) is 4.27. The molecule has 2 aromatic rings. The molecule has 0 aliphatic rings. The molecule has 0 heterocycles. The lowest BCUT2D eigenvalue weighted by molar-refractivity contribution is 0.432. The Balaban J connectivity index is 2.10. The van der Waals surface area contributed by atoms with Gasteiger partial charge >= 0.3 is 0 Å². The van der Waals surface area contributed by atoms with Crippen molar-refractivity contribution in [3.63, 3.8) is 0 Å². The number of phenolic OH excluding ortho intramolecular Hbond substituents is 1. The highest BCUT2D eigenvalue weighted by Gasteiger charge is 2.07. The first-order valence-corrected chi connectivity index (χ1v) is 6.44. The van der Waals surface area contributed by atoms with E-state index in [4.69, 9.17) is 5.11 Å². The smallest absolute Gasteiger partial charge is 0.166 e. The van der Waals surface area contributed by atoms with Gasteiger partial charge in [-0.25, -0.2) is 4.39 Å². The molecular weight excluding hydrogens is 241 g/mol. The lowest BCUT2D eigenvalue weighted by Gasteiger charge is -2.16. The van der Waals surface area contributed by atoms with Gasteiger partial charge in [0, 0.05) is 17.8 Å². The summed E-state index contributed by atoms with van der Waals surface area (Å²) in [6.45, 7) is 4.14.